The number of fused-ring (bicyclic) bond motifs is 9. The van der Waals surface area contributed by atoms with Gasteiger partial charge in [-0.15, -0.1) is 0 Å². The van der Waals surface area contributed by atoms with Gasteiger partial charge in [-0.25, -0.2) is 15.0 Å². The molecule has 14 rings (SSSR count). The van der Waals surface area contributed by atoms with Gasteiger partial charge in [0.15, 0.2) is 17.5 Å². The fourth-order valence-electron chi connectivity index (χ4n) is 10.4. The van der Waals surface area contributed by atoms with E-state index >= 15 is 0 Å². The summed E-state index contributed by atoms with van der Waals surface area (Å²) in [5, 5.41) is 6.54. The number of furan rings is 1. The normalized spacial score (nSPS) is 11.8. The van der Waals surface area contributed by atoms with Crippen molar-refractivity contribution >= 4 is 65.6 Å². The van der Waals surface area contributed by atoms with Crippen LogP contribution in [0.2, 0.25) is 0 Å². The predicted molar refractivity (Wildman–Crippen MR) is 283 cm³/mol. The summed E-state index contributed by atoms with van der Waals surface area (Å²) < 4.78 is 11.8. The Labute approximate surface area is 396 Å². The van der Waals surface area contributed by atoms with Crippen molar-refractivity contribution in [2.24, 2.45) is 0 Å². The van der Waals surface area contributed by atoms with E-state index in [0.29, 0.717) is 23.1 Å². The van der Waals surface area contributed by atoms with E-state index < -0.39 is 0 Å². The molecule has 10 aromatic carbocycles. The largest absolute Gasteiger partial charge is 0.455 e. The molecule has 0 unspecified atom stereocenters. The lowest BCUT2D eigenvalue weighted by Crippen LogP contribution is -2.02. The third-order valence-corrected chi connectivity index (χ3v) is 13.6. The summed E-state index contributed by atoms with van der Waals surface area (Å²) in [6.45, 7) is 0. The molecule has 0 radical (unpaired) electrons. The molecule has 0 aliphatic carbocycles. The van der Waals surface area contributed by atoms with Crippen LogP contribution in [0, 0.1) is 0 Å². The van der Waals surface area contributed by atoms with E-state index in [9.17, 15) is 0 Å². The summed E-state index contributed by atoms with van der Waals surface area (Å²) in [4.78, 5) is 16.2. The zero-order chi connectivity index (χ0) is 45.4. The minimum absolute atomic E-state index is 0.519. The van der Waals surface area contributed by atoms with Gasteiger partial charge in [-0.05, 0) is 89.0 Å². The third-order valence-electron chi connectivity index (χ3n) is 13.6. The molecule has 0 spiro atoms. The molecule has 0 aliphatic heterocycles. The molecule has 0 bridgehead atoms. The maximum atomic E-state index is 7.12. The molecule has 0 N–H and O–H groups in total. The third kappa shape index (κ3) is 6.30. The van der Waals surface area contributed by atoms with Gasteiger partial charge in [-0.3, -0.25) is 0 Å². The van der Waals surface area contributed by atoms with E-state index in [4.69, 9.17) is 19.4 Å². The molecule has 4 aromatic heterocycles. The van der Waals surface area contributed by atoms with Crippen LogP contribution in [0.3, 0.4) is 0 Å². The number of nitrogens with zero attached hydrogens (tertiary/aromatic N) is 5. The number of para-hydroxylation sites is 4. The smallest absolute Gasteiger partial charge is 0.167 e. The van der Waals surface area contributed by atoms with Gasteiger partial charge in [0.1, 0.15) is 11.2 Å². The lowest BCUT2D eigenvalue weighted by molar-refractivity contribution is 0.669. The molecule has 69 heavy (non-hydrogen) atoms. The van der Waals surface area contributed by atoms with Crippen LogP contribution in [-0.4, -0.2) is 24.1 Å². The Hall–Kier alpha value is -9.39. The van der Waals surface area contributed by atoms with Gasteiger partial charge in [-0.2, -0.15) is 0 Å². The monoisotopic (exact) mass is 881 g/mol. The molecule has 0 amide bonds. The highest BCUT2D eigenvalue weighted by atomic mass is 16.3. The summed E-state index contributed by atoms with van der Waals surface area (Å²) in [7, 11) is 0. The summed E-state index contributed by atoms with van der Waals surface area (Å²) >= 11 is 0. The summed E-state index contributed by atoms with van der Waals surface area (Å²) in [5.74, 6) is 1.67. The highest BCUT2D eigenvalue weighted by Crippen LogP contribution is 2.43. The Bertz CT molecular complexity index is 4250. The number of hydrogen-bond acceptors (Lipinski definition) is 4. The SMILES string of the molecule is c1ccc(-c2cccc(-c3ccc4c(c3)oc3c(-c5nc(-c6ccccc6)nc(-c6cccc7c6c6ccccc6n7-c6ccccc6)n5)cc(-n5c6ccccc6c6ccccc65)cc34)c2)cc1. The van der Waals surface area contributed by atoms with E-state index in [0.717, 1.165) is 94.0 Å². The van der Waals surface area contributed by atoms with E-state index in [-0.39, 0.29) is 0 Å². The van der Waals surface area contributed by atoms with E-state index in [1.54, 1.807) is 0 Å². The van der Waals surface area contributed by atoms with Gasteiger partial charge in [0.2, 0.25) is 0 Å². The number of hydrogen-bond donors (Lipinski definition) is 0. The lowest BCUT2D eigenvalue weighted by atomic mass is 9.98. The average Bonchev–Trinajstić information content (AvgIpc) is 4.09. The molecule has 0 atom stereocenters. The lowest BCUT2D eigenvalue weighted by Gasteiger charge is -2.13. The van der Waals surface area contributed by atoms with Gasteiger partial charge >= 0.3 is 0 Å². The molecule has 6 heteroatoms. The van der Waals surface area contributed by atoms with Crippen LogP contribution in [0.15, 0.2) is 241 Å². The number of rotatable bonds is 7. The van der Waals surface area contributed by atoms with Crippen molar-refractivity contribution in [3.63, 3.8) is 0 Å². The van der Waals surface area contributed by atoms with E-state index in [2.05, 4.69) is 228 Å². The molecular formula is C63H39N5O. The van der Waals surface area contributed by atoms with Crippen molar-refractivity contribution in [3.05, 3.63) is 237 Å². The topological polar surface area (TPSA) is 61.7 Å². The Morgan fingerprint density at radius 3 is 1.51 bits per heavy atom. The number of aromatic nitrogens is 5. The molecule has 322 valence electrons. The molecule has 4 heterocycles. The number of benzene rings is 10. The van der Waals surface area contributed by atoms with Crippen molar-refractivity contribution in [2.45, 2.75) is 0 Å². The van der Waals surface area contributed by atoms with Gasteiger partial charge in [0.25, 0.3) is 0 Å². The van der Waals surface area contributed by atoms with Crippen LogP contribution in [0.25, 0.3) is 133 Å². The fourth-order valence-corrected chi connectivity index (χ4v) is 10.4. The quantitative estimate of drug-likeness (QED) is 0.160. The maximum Gasteiger partial charge on any atom is 0.167 e. The fraction of sp³-hybridized carbons (Fsp3) is 0. The minimum Gasteiger partial charge on any atom is -0.455 e. The first-order valence-electron chi connectivity index (χ1n) is 23.3. The Balaban J connectivity index is 1.05. The minimum atomic E-state index is 0.519. The molecule has 0 saturated heterocycles. The summed E-state index contributed by atoms with van der Waals surface area (Å²) in [6, 6.07) is 83.2. The summed E-state index contributed by atoms with van der Waals surface area (Å²) in [5.41, 5.74) is 15.1. The summed E-state index contributed by atoms with van der Waals surface area (Å²) in [6.07, 6.45) is 0. The van der Waals surface area contributed by atoms with Gasteiger partial charge in [-0.1, -0.05) is 170 Å². The van der Waals surface area contributed by atoms with Crippen molar-refractivity contribution in [3.8, 4) is 67.8 Å². The Kier molecular flexibility index (Phi) is 8.79. The second-order valence-electron chi connectivity index (χ2n) is 17.6. The van der Waals surface area contributed by atoms with Crippen LogP contribution < -0.4 is 0 Å². The van der Waals surface area contributed by atoms with Crippen molar-refractivity contribution in [2.75, 3.05) is 0 Å². The first-order valence-corrected chi connectivity index (χ1v) is 23.3. The highest BCUT2D eigenvalue weighted by molar-refractivity contribution is 6.16. The molecule has 0 saturated carbocycles. The van der Waals surface area contributed by atoms with Crippen molar-refractivity contribution in [1.29, 1.82) is 0 Å². The second kappa shape index (κ2) is 15.6. The van der Waals surface area contributed by atoms with Crippen molar-refractivity contribution in [1.82, 2.24) is 24.1 Å². The maximum absolute atomic E-state index is 7.12. The molecular weight excluding hydrogens is 843 g/mol. The second-order valence-corrected chi connectivity index (χ2v) is 17.6. The molecule has 6 nitrogen and oxygen atoms in total. The van der Waals surface area contributed by atoms with Crippen LogP contribution in [0.1, 0.15) is 0 Å². The zero-order valence-corrected chi connectivity index (χ0v) is 37.2. The predicted octanol–water partition coefficient (Wildman–Crippen LogP) is 16.3. The van der Waals surface area contributed by atoms with Crippen LogP contribution >= 0.6 is 0 Å². The Morgan fingerprint density at radius 2 is 0.797 bits per heavy atom. The van der Waals surface area contributed by atoms with Crippen LogP contribution in [-0.2, 0) is 0 Å². The standard InChI is InChI=1S/C63H39N5O/c1-4-18-40(19-5-1)42-22-16-23-43(36-42)44-34-35-49-52-38-46(68-54-30-13-10-26-47(54)48-27-11-14-31-55(48)68)39-53(60(52)69-58(49)37-44)63-65-61(41-20-6-2-7-21-41)64-62(66-63)51-29-17-33-57-59(51)50-28-12-15-32-56(50)67(57)45-24-8-3-9-25-45/h1-39H. The first-order chi connectivity index (χ1) is 34.2. The molecule has 14 aromatic rings. The zero-order valence-electron chi connectivity index (χ0n) is 37.2. The van der Waals surface area contributed by atoms with Gasteiger partial charge in [0.05, 0.1) is 27.6 Å². The molecule has 0 aliphatic rings. The van der Waals surface area contributed by atoms with E-state index in [1.165, 1.54) is 16.3 Å². The van der Waals surface area contributed by atoms with Gasteiger partial charge < -0.3 is 13.6 Å². The van der Waals surface area contributed by atoms with Crippen LogP contribution in [0.4, 0.5) is 0 Å². The van der Waals surface area contributed by atoms with Crippen LogP contribution in [0.5, 0.6) is 0 Å². The first kappa shape index (κ1) is 38.8. The van der Waals surface area contributed by atoms with Crippen molar-refractivity contribution < 1.29 is 4.42 Å². The molecule has 0 fully saturated rings. The highest BCUT2D eigenvalue weighted by Gasteiger charge is 2.24. The van der Waals surface area contributed by atoms with Gasteiger partial charge in [0, 0.05) is 54.8 Å². The Morgan fingerprint density at radius 1 is 0.290 bits per heavy atom. The van der Waals surface area contributed by atoms with E-state index in [1.807, 2.05) is 18.2 Å². The average molecular weight is 882 g/mol.